The number of amides is 1. The molecule has 0 aliphatic carbocycles. The molecule has 2 heterocycles. The van der Waals surface area contributed by atoms with Crippen LogP contribution >= 0.6 is 11.3 Å². The van der Waals surface area contributed by atoms with E-state index in [1.807, 2.05) is 0 Å². The lowest BCUT2D eigenvalue weighted by Gasteiger charge is -2.39. The van der Waals surface area contributed by atoms with E-state index in [2.05, 4.69) is 37.8 Å². The van der Waals surface area contributed by atoms with Crippen molar-refractivity contribution in [3.05, 3.63) is 47.0 Å². The summed E-state index contributed by atoms with van der Waals surface area (Å²) in [4.78, 5) is 23.4. The number of nitrogens with zero attached hydrogens (tertiary/aromatic N) is 3. The molecule has 8 nitrogen and oxygen atoms in total. The van der Waals surface area contributed by atoms with Gasteiger partial charge in [-0.05, 0) is 18.6 Å². The number of aromatic nitrogens is 1. The number of halogens is 2. The third-order valence-corrected chi connectivity index (χ3v) is 6.05. The Morgan fingerprint density at radius 3 is 2.78 bits per heavy atom. The molecule has 0 saturated carbocycles. The standard InChI is InChI=1S/C21H27F2N7OS/c1-4-12-10-27-8-9-30(12)19(26-3)15(11-25-2)28-20(31)17-18(24)32-21(29-17)16-13(22)6-5-7-14(16)23/h5-7,11-12,26-27H,4,8-10,24H2,1-3H3,(H,28,31)/b19-15-,25-11?/t12-/m0/s1. The Bertz CT molecular complexity index is 1020. The SMILES string of the molecule is CC[C@H]1CNCCN1/C(NC)=C(/C=NC)NC(=O)c1nc(-c2c(F)cccc2F)sc1N. The van der Waals surface area contributed by atoms with E-state index in [1.54, 1.807) is 20.3 Å². The normalized spacial score (nSPS) is 17.4. The zero-order valence-corrected chi connectivity index (χ0v) is 19.0. The number of hydrogen-bond donors (Lipinski definition) is 4. The summed E-state index contributed by atoms with van der Waals surface area (Å²) in [6, 6.07) is 3.76. The van der Waals surface area contributed by atoms with Gasteiger partial charge in [-0.2, -0.15) is 0 Å². The van der Waals surface area contributed by atoms with Crippen molar-refractivity contribution in [1.29, 1.82) is 0 Å². The first-order chi connectivity index (χ1) is 15.4. The highest BCUT2D eigenvalue weighted by molar-refractivity contribution is 7.19. The number of carbonyl (C=O) groups is 1. The van der Waals surface area contributed by atoms with Gasteiger partial charge in [0.1, 0.15) is 27.5 Å². The van der Waals surface area contributed by atoms with E-state index in [4.69, 9.17) is 5.73 Å². The van der Waals surface area contributed by atoms with Gasteiger partial charge in [-0.15, -0.1) is 0 Å². The summed E-state index contributed by atoms with van der Waals surface area (Å²) in [5.41, 5.74) is 6.03. The Labute approximate surface area is 189 Å². The summed E-state index contributed by atoms with van der Waals surface area (Å²) in [5.74, 6) is -1.42. The van der Waals surface area contributed by atoms with Crippen molar-refractivity contribution >= 4 is 28.5 Å². The maximum absolute atomic E-state index is 14.2. The second kappa shape index (κ2) is 10.5. The van der Waals surface area contributed by atoms with E-state index in [0.717, 1.165) is 49.5 Å². The minimum Gasteiger partial charge on any atom is -0.389 e. The van der Waals surface area contributed by atoms with E-state index in [0.29, 0.717) is 11.5 Å². The molecule has 11 heteroatoms. The lowest BCUT2D eigenvalue weighted by molar-refractivity contribution is 0.0961. The summed E-state index contributed by atoms with van der Waals surface area (Å²) in [6.45, 7) is 4.48. The Kier molecular flexibility index (Phi) is 7.75. The van der Waals surface area contributed by atoms with Crippen LogP contribution in [-0.4, -0.2) is 61.8 Å². The molecule has 1 aromatic carbocycles. The minimum atomic E-state index is -0.772. The molecule has 1 amide bonds. The average Bonchev–Trinajstić information content (AvgIpc) is 3.15. The van der Waals surface area contributed by atoms with Crippen LogP contribution in [-0.2, 0) is 0 Å². The molecule has 0 spiro atoms. The van der Waals surface area contributed by atoms with Crippen molar-refractivity contribution in [2.24, 2.45) is 4.99 Å². The third-order valence-electron chi connectivity index (χ3n) is 5.15. The fourth-order valence-electron chi connectivity index (χ4n) is 3.62. The van der Waals surface area contributed by atoms with Crippen LogP contribution in [0.15, 0.2) is 34.7 Å². The average molecular weight is 464 g/mol. The van der Waals surface area contributed by atoms with Gasteiger partial charge in [0, 0.05) is 46.0 Å². The first kappa shape index (κ1) is 23.6. The van der Waals surface area contributed by atoms with Gasteiger partial charge in [0.25, 0.3) is 5.91 Å². The minimum absolute atomic E-state index is 0.0000647. The third kappa shape index (κ3) is 4.89. The number of nitrogen functional groups attached to an aromatic ring is 1. The Morgan fingerprint density at radius 2 is 2.16 bits per heavy atom. The maximum atomic E-state index is 14.2. The number of nitrogens with two attached hydrogens (primary N) is 1. The topological polar surface area (TPSA) is 108 Å². The molecule has 1 fully saturated rings. The number of hydrogen-bond acceptors (Lipinski definition) is 8. The molecule has 1 saturated heterocycles. The Hall–Kier alpha value is -3.05. The lowest BCUT2D eigenvalue weighted by Crippen LogP contribution is -2.53. The molecule has 1 aromatic heterocycles. The zero-order chi connectivity index (χ0) is 23.3. The number of anilines is 1. The van der Waals surface area contributed by atoms with Crippen LogP contribution in [0.25, 0.3) is 10.6 Å². The molecule has 0 bridgehead atoms. The second-order valence-corrected chi connectivity index (χ2v) is 8.17. The maximum Gasteiger partial charge on any atom is 0.277 e. The van der Waals surface area contributed by atoms with Crippen molar-refractivity contribution in [3.63, 3.8) is 0 Å². The predicted octanol–water partition coefficient (Wildman–Crippen LogP) is 2.17. The van der Waals surface area contributed by atoms with Gasteiger partial charge in [0.15, 0.2) is 5.69 Å². The fraction of sp³-hybridized carbons (Fsp3) is 0.381. The Balaban J connectivity index is 1.94. The number of aliphatic imine (C=N–C) groups is 1. The van der Waals surface area contributed by atoms with Gasteiger partial charge in [0.2, 0.25) is 0 Å². The van der Waals surface area contributed by atoms with Crippen molar-refractivity contribution in [2.45, 2.75) is 19.4 Å². The van der Waals surface area contributed by atoms with E-state index in [-0.39, 0.29) is 27.3 Å². The number of benzene rings is 1. The molecule has 172 valence electrons. The van der Waals surface area contributed by atoms with Gasteiger partial charge in [-0.1, -0.05) is 24.3 Å². The van der Waals surface area contributed by atoms with E-state index < -0.39 is 17.5 Å². The van der Waals surface area contributed by atoms with Crippen molar-refractivity contribution < 1.29 is 13.6 Å². The van der Waals surface area contributed by atoms with Crippen LogP contribution in [0.5, 0.6) is 0 Å². The van der Waals surface area contributed by atoms with Crippen LogP contribution in [0.2, 0.25) is 0 Å². The van der Waals surface area contributed by atoms with Gasteiger partial charge in [0.05, 0.1) is 11.3 Å². The summed E-state index contributed by atoms with van der Waals surface area (Å²) >= 11 is 0.853. The van der Waals surface area contributed by atoms with Crippen LogP contribution in [0.4, 0.5) is 13.8 Å². The van der Waals surface area contributed by atoms with E-state index >= 15 is 0 Å². The van der Waals surface area contributed by atoms with E-state index in [1.165, 1.54) is 6.07 Å². The van der Waals surface area contributed by atoms with Gasteiger partial charge in [-0.25, -0.2) is 13.8 Å². The predicted molar refractivity (Wildman–Crippen MR) is 124 cm³/mol. The highest BCUT2D eigenvalue weighted by Gasteiger charge is 2.26. The molecule has 5 N–H and O–H groups in total. The molecule has 3 rings (SSSR count). The molecule has 2 aromatic rings. The number of nitrogens with one attached hydrogen (secondary N) is 3. The summed E-state index contributed by atoms with van der Waals surface area (Å²) in [5, 5.41) is 9.40. The Morgan fingerprint density at radius 1 is 1.44 bits per heavy atom. The molecule has 1 atom stereocenters. The number of allylic oxidation sites excluding steroid dienone is 1. The van der Waals surface area contributed by atoms with Crippen LogP contribution in [0.3, 0.4) is 0 Å². The van der Waals surface area contributed by atoms with Crippen molar-refractivity contribution in [3.8, 4) is 10.6 Å². The first-order valence-corrected chi connectivity index (χ1v) is 11.1. The number of rotatable bonds is 7. The van der Waals surface area contributed by atoms with Gasteiger partial charge >= 0.3 is 0 Å². The largest absolute Gasteiger partial charge is 0.389 e. The molecule has 32 heavy (non-hydrogen) atoms. The lowest BCUT2D eigenvalue weighted by atomic mass is 10.1. The van der Waals surface area contributed by atoms with E-state index in [9.17, 15) is 13.6 Å². The fourth-order valence-corrected chi connectivity index (χ4v) is 4.50. The molecular formula is C21H27F2N7OS. The molecular weight excluding hydrogens is 436 g/mol. The summed E-state index contributed by atoms with van der Waals surface area (Å²) in [6.07, 6.45) is 2.46. The monoisotopic (exact) mass is 463 g/mol. The highest BCUT2D eigenvalue weighted by atomic mass is 32.1. The number of thiazole rings is 1. The number of carbonyl (C=O) groups excluding carboxylic acids is 1. The molecule has 1 aliphatic rings. The van der Waals surface area contributed by atoms with Crippen LogP contribution < -0.4 is 21.7 Å². The van der Waals surface area contributed by atoms with Gasteiger partial charge < -0.3 is 26.6 Å². The summed E-state index contributed by atoms with van der Waals surface area (Å²) < 4.78 is 28.3. The second-order valence-electron chi connectivity index (χ2n) is 7.14. The highest BCUT2D eigenvalue weighted by Crippen LogP contribution is 2.33. The first-order valence-electron chi connectivity index (χ1n) is 10.2. The molecule has 0 unspecified atom stereocenters. The van der Waals surface area contributed by atoms with Crippen LogP contribution in [0.1, 0.15) is 23.8 Å². The van der Waals surface area contributed by atoms with Crippen molar-refractivity contribution in [2.75, 3.05) is 39.5 Å². The zero-order valence-electron chi connectivity index (χ0n) is 18.2. The quantitative estimate of drug-likeness (QED) is 0.469. The van der Waals surface area contributed by atoms with Crippen LogP contribution in [0, 0.1) is 11.6 Å². The summed E-state index contributed by atoms with van der Waals surface area (Å²) in [7, 11) is 3.38. The van der Waals surface area contributed by atoms with Gasteiger partial charge in [-0.3, -0.25) is 9.79 Å². The molecule has 1 aliphatic heterocycles. The number of piperazine rings is 1. The van der Waals surface area contributed by atoms with Crippen molar-refractivity contribution in [1.82, 2.24) is 25.8 Å². The molecule has 0 radical (unpaired) electrons. The smallest absolute Gasteiger partial charge is 0.277 e.